The molecule has 1 saturated heterocycles. The van der Waals surface area contributed by atoms with E-state index in [1.807, 2.05) is 12.1 Å². The van der Waals surface area contributed by atoms with Crippen molar-refractivity contribution in [1.29, 1.82) is 0 Å². The summed E-state index contributed by atoms with van der Waals surface area (Å²) in [6.07, 6.45) is 5.93. The summed E-state index contributed by atoms with van der Waals surface area (Å²) in [6, 6.07) is 5.52. The Morgan fingerprint density at radius 3 is 2.67 bits per heavy atom. The first-order valence-electron chi connectivity index (χ1n) is 7.09. The first-order valence-corrected chi connectivity index (χ1v) is 7.09. The van der Waals surface area contributed by atoms with Gasteiger partial charge in [-0.15, -0.1) is 0 Å². The van der Waals surface area contributed by atoms with Crippen molar-refractivity contribution in [2.45, 2.75) is 39.0 Å². The van der Waals surface area contributed by atoms with Gasteiger partial charge in [0.1, 0.15) is 5.82 Å². The highest BCUT2D eigenvalue weighted by molar-refractivity contribution is 5.56. The Hall–Kier alpha value is -1.25. The maximum atomic E-state index is 14.0. The Balaban J connectivity index is 1.92. The summed E-state index contributed by atoms with van der Waals surface area (Å²) >= 11 is 0. The van der Waals surface area contributed by atoms with Crippen LogP contribution in [0.15, 0.2) is 18.2 Å². The first kappa shape index (κ1) is 13.2. The Morgan fingerprint density at radius 1 is 1.22 bits per heavy atom. The van der Waals surface area contributed by atoms with Gasteiger partial charge in [-0.1, -0.05) is 19.8 Å². The second-order valence-corrected chi connectivity index (χ2v) is 4.99. The zero-order valence-corrected chi connectivity index (χ0v) is 11.2. The molecule has 1 aliphatic heterocycles. The summed E-state index contributed by atoms with van der Waals surface area (Å²) in [6.45, 7) is 5.08. The topological polar surface area (TPSA) is 15.3 Å². The number of benzene rings is 1. The fourth-order valence-corrected chi connectivity index (χ4v) is 2.44. The lowest BCUT2D eigenvalue weighted by Crippen LogP contribution is -2.19. The second kappa shape index (κ2) is 6.62. The van der Waals surface area contributed by atoms with Gasteiger partial charge in [0.25, 0.3) is 0 Å². The van der Waals surface area contributed by atoms with Crippen LogP contribution >= 0.6 is 0 Å². The smallest absolute Gasteiger partial charge is 0.148 e. The normalized spacial score (nSPS) is 15.1. The van der Waals surface area contributed by atoms with Gasteiger partial charge in [0.15, 0.2) is 0 Å². The number of hydrogen-bond acceptors (Lipinski definition) is 2. The average Bonchev–Trinajstić information content (AvgIpc) is 2.88. The molecule has 0 spiro atoms. The van der Waals surface area contributed by atoms with Gasteiger partial charge in [-0.05, 0) is 37.5 Å². The third kappa shape index (κ3) is 3.37. The minimum Gasteiger partial charge on any atom is -0.385 e. The summed E-state index contributed by atoms with van der Waals surface area (Å²) in [7, 11) is 0. The molecule has 2 rings (SSSR count). The summed E-state index contributed by atoms with van der Waals surface area (Å²) in [4.78, 5) is 2.14. The Bertz CT molecular complexity index is 373. The van der Waals surface area contributed by atoms with Gasteiger partial charge < -0.3 is 10.2 Å². The Labute approximate surface area is 109 Å². The standard InChI is InChI=1S/C15H23FN2/c1-2-3-4-9-17-13-7-8-15(14(16)12-13)18-10-5-6-11-18/h7-8,12,17H,2-6,9-11H2,1H3. The van der Waals surface area contributed by atoms with E-state index < -0.39 is 0 Å². The number of unbranched alkanes of at least 4 members (excludes halogenated alkanes) is 2. The molecular weight excluding hydrogens is 227 g/mol. The van der Waals surface area contributed by atoms with Crippen molar-refractivity contribution in [3.05, 3.63) is 24.0 Å². The van der Waals surface area contributed by atoms with Gasteiger partial charge in [-0.3, -0.25) is 0 Å². The number of nitrogens with one attached hydrogen (secondary N) is 1. The highest BCUT2D eigenvalue weighted by Crippen LogP contribution is 2.25. The molecule has 0 radical (unpaired) electrons. The number of anilines is 2. The maximum absolute atomic E-state index is 14.0. The van der Waals surface area contributed by atoms with Crippen molar-refractivity contribution in [3.63, 3.8) is 0 Å². The molecule has 18 heavy (non-hydrogen) atoms. The molecule has 1 aromatic rings. The van der Waals surface area contributed by atoms with Crippen LogP contribution in [-0.4, -0.2) is 19.6 Å². The van der Waals surface area contributed by atoms with Crippen molar-refractivity contribution in [1.82, 2.24) is 0 Å². The molecule has 0 unspecified atom stereocenters. The Kier molecular flexibility index (Phi) is 4.85. The summed E-state index contributed by atoms with van der Waals surface area (Å²) in [5.74, 6) is -0.0996. The summed E-state index contributed by atoms with van der Waals surface area (Å²) in [5.41, 5.74) is 1.65. The monoisotopic (exact) mass is 250 g/mol. The van der Waals surface area contributed by atoms with E-state index in [2.05, 4.69) is 17.1 Å². The molecule has 1 fully saturated rings. The van der Waals surface area contributed by atoms with Crippen molar-refractivity contribution >= 4 is 11.4 Å². The predicted octanol–water partition coefficient (Wildman–Crippen LogP) is 4.03. The molecule has 0 saturated carbocycles. The molecule has 0 aromatic heterocycles. The molecule has 0 atom stereocenters. The van der Waals surface area contributed by atoms with Crippen molar-refractivity contribution in [2.75, 3.05) is 29.9 Å². The van der Waals surface area contributed by atoms with Crippen molar-refractivity contribution in [2.24, 2.45) is 0 Å². The fourth-order valence-electron chi connectivity index (χ4n) is 2.44. The van der Waals surface area contributed by atoms with Crippen LogP contribution in [0.1, 0.15) is 39.0 Å². The lowest BCUT2D eigenvalue weighted by molar-refractivity contribution is 0.623. The van der Waals surface area contributed by atoms with Crippen molar-refractivity contribution in [3.8, 4) is 0 Å². The van der Waals surface area contributed by atoms with Gasteiger partial charge in [-0.25, -0.2) is 4.39 Å². The third-order valence-corrected chi connectivity index (χ3v) is 3.50. The molecule has 1 N–H and O–H groups in total. The largest absolute Gasteiger partial charge is 0.385 e. The summed E-state index contributed by atoms with van der Waals surface area (Å²) < 4.78 is 14.0. The van der Waals surface area contributed by atoms with Gasteiger partial charge in [0.05, 0.1) is 5.69 Å². The fraction of sp³-hybridized carbons (Fsp3) is 0.600. The van der Waals surface area contributed by atoms with E-state index in [1.165, 1.54) is 25.7 Å². The van der Waals surface area contributed by atoms with Gasteiger partial charge >= 0.3 is 0 Å². The van der Waals surface area contributed by atoms with Gasteiger partial charge in [-0.2, -0.15) is 0 Å². The zero-order chi connectivity index (χ0) is 12.8. The molecule has 0 bridgehead atoms. The van der Waals surface area contributed by atoms with Crippen LogP contribution in [0.25, 0.3) is 0 Å². The van der Waals surface area contributed by atoms with Crippen LogP contribution in [0.5, 0.6) is 0 Å². The van der Waals surface area contributed by atoms with Gasteiger partial charge in [0, 0.05) is 25.3 Å². The summed E-state index contributed by atoms with van der Waals surface area (Å²) in [5, 5.41) is 3.28. The molecule has 1 heterocycles. The van der Waals surface area contributed by atoms with Crippen LogP contribution in [-0.2, 0) is 0 Å². The van der Waals surface area contributed by atoms with E-state index in [0.29, 0.717) is 0 Å². The number of nitrogens with zero attached hydrogens (tertiary/aromatic N) is 1. The zero-order valence-electron chi connectivity index (χ0n) is 11.2. The Morgan fingerprint density at radius 2 is 2.00 bits per heavy atom. The number of hydrogen-bond donors (Lipinski definition) is 1. The molecule has 3 heteroatoms. The van der Waals surface area contributed by atoms with E-state index >= 15 is 0 Å². The molecule has 1 aliphatic rings. The molecule has 1 aromatic carbocycles. The van der Waals surface area contributed by atoms with Gasteiger partial charge in [0.2, 0.25) is 0 Å². The van der Waals surface area contributed by atoms with Crippen LogP contribution in [0, 0.1) is 5.82 Å². The molecular formula is C15H23FN2. The predicted molar refractivity (Wildman–Crippen MR) is 75.9 cm³/mol. The maximum Gasteiger partial charge on any atom is 0.148 e. The van der Waals surface area contributed by atoms with Crippen LogP contribution < -0.4 is 10.2 Å². The van der Waals surface area contributed by atoms with E-state index in [0.717, 1.165) is 37.4 Å². The molecule has 2 nitrogen and oxygen atoms in total. The highest BCUT2D eigenvalue weighted by atomic mass is 19.1. The minimum absolute atomic E-state index is 0.0996. The van der Waals surface area contributed by atoms with E-state index in [1.54, 1.807) is 6.07 Å². The highest BCUT2D eigenvalue weighted by Gasteiger charge is 2.15. The van der Waals surface area contributed by atoms with Crippen LogP contribution in [0.3, 0.4) is 0 Å². The van der Waals surface area contributed by atoms with E-state index in [9.17, 15) is 4.39 Å². The minimum atomic E-state index is -0.0996. The molecule has 100 valence electrons. The van der Waals surface area contributed by atoms with Crippen LogP contribution in [0.2, 0.25) is 0 Å². The quantitative estimate of drug-likeness (QED) is 0.767. The lowest BCUT2D eigenvalue weighted by atomic mass is 10.2. The molecule has 0 amide bonds. The van der Waals surface area contributed by atoms with E-state index in [-0.39, 0.29) is 5.82 Å². The first-order chi connectivity index (χ1) is 8.81. The number of halogens is 1. The SMILES string of the molecule is CCCCCNc1ccc(N2CCCC2)c(F)c1. The average molecular weight is 250 g/mol. The van der Waals surface area contributed by atoms with E-state index in [4.69, 9.17) is 0 Å². The second-order valence-electron chi connectivity index (χ2n) is 4.99. The number of rotatable bonds is 6. The van der Waals surface area contributed by atoms with Crippen molar-refractivity contribution < 1.29 is 4.39 Å². The molecule has 0 aliphatic carbocycles. The van der Waals surface area contributed by atoms with Crippen LogP contribution in [0.4, 0.5) is 15.8 Å². The third-order valence-electron chi connectivity index (χ3n) is 3.50. The lowest BCUT2D eigenvalue weighted by Gasteiger charge is -2.19.